The van der Waals surface area contributed by atoms with E-state index >= 15 is 0 Å². The number of carbonyl (C=O) groups excluding carboxylic acids is 1. The van der Waals surface area contributed by atoms with E-state index in [1.165, 1.54) is 0 Å². The van der Waals surface area contributed by atoms with E-state index in [-0.39, 0.29) is 11.6 Å². The highest BCUT2D eigenvalue weighted by molar-refractivity contribution is 5.89. The topological polar surface area (TPSA) is 76.4 Å². The Balaban J connectivity index is 1.89. The minimum Gasteiger partial charge on any atom is -0.379 e. The van der Waals surface area contributed by atoms with Crippen LogP contribution in [-0.2, 0) is 11.3 Å². The van der Waals surface area contributed by atoms with Crippen molar-refractivity contribution in [3.05, 3.63) is 29.8 Å². The summed E-state index contributed by atoms with van der Waals surface area (Å²) in [4.78, 5) is 11.9. The molecule has 0 aliphatic carbocycles. The van der Waals surface area contributed by atoms with Crippen molar-refractivity contribution in [2.75, 3.05) is 18.5 Å². The molecule has 1 unspecified atom stereocenters. The van der Waals surface area contributed by atoms with Crippen LogP contribution in [0.2, 0.25) is 0 Å². The summed E-state index contributed by atoms with van der Waals surface area (Å²) in [5.74, 6) is 0. The van der Waals surface area contributed by atoms with Gasteiger partial charge in [0.2, 0.25) is 0 Å². The van der Waals surface area contributed by atoms with Crippen LogP contribution in [0.25, 0.3) is 0 Å². The van der Waals surface area contributed by atoms with Gasteiger partial charge in [-0.15, -0.1) is 0 Å². The first kappa shape index (κ1) is 13.8. The number of anilines is 1. The Morgan fingerprint density at radius 3 is 2.74 bits per heavy atom. The highest BCUT2D eigenvalue weighted by Gasteiger charge is 2.29. The van der Waals surface area contributed by atoms with Gasteiger partial charge in [0.05, 0.1) is 12.1 Å². The van der Waals surface area contributed by atoms with Gasteiger partial charge in [-0.3, -0.25) is 0 Å². The number of nitrogens with two attached hydrogens (primary N) is 1. The van der Waals surface area contributed by atoms with E-state index in [0.29, 0.717) is 13.2 Å². The van der Waals surface area contributed by atoms with Gasteiger partial charge in [-0.2, -0.15) is 0 Å². The Bertz CT molecular complexity index is 425. The van der Waals surface area contributed by atoms with Crippen LogP contribution in [0.1, 0.15) is 25.3 Å². The molecule has 5 heteroatoms. The number of hydrogen-bond donors (Lipinski definition) is 3. The number of nitrogens with one attached hydrogen (secondary N) is 2. The standard InChI is InChI=1S/C14H21N3O2/c1-14(7-2-8-19-10-14)17-13(18)16-12-5-3-11(9-15)4-6-12/h3-6H,2,7-10,15H2,1H3,(H2,16,17,18). The number of urea groups is 1. The van der Waals surface area contributed by atoms with E-state index in [2.05, 4.69) is 10.6 Å². The first-order valence-corrected chi connectivity index (χ1v) is 6.57. The van der Waals surface area contributed by atoms with Gasteiger partial charge in [0.25, 0.3) is 0 Å². The second-order valence-corrected chi connectivity index (χ2v) is 5.20. The summed E-state index contributed by atoms with van der Waals surface area (Å²) >= 11 is 0. The molecule has 1 fully saturated rings. The molecule has 0 aromatic heterocycles. The van der Waals surface area contributed by atoms with Gasteiger partial charge in [0, 0.05) is 18.8 Å². The van der Waals surface area contributed by atoms with Crippen LogP contribution in [-0.4, -0.2) is 24.8 Å². The van der Waals surface area contributed by atoms with Crippen molar-refractivity contribution in [3.8, 4) is 0 Å². The summed E-state index contributed by atoms with van der Waals surface area (Å²) in [6, 6.07) is 7.30. The summed E-state index contributed by atoms with van der Waals surface area (Å²) in [5, 5.41) is 5.79. The van der Waals surface area contributed by atoms with E-state index in [4.69, 9.17) is 10.5 Å². The zero-order valence-electron chi connectivity index (χ0n) is 11.2. The van der Waals surface area contributed by atoms with Crippen LogP contribution in [0.3, 0.4) is 0 Å². The molecule has 1 aliphatic heterocycles. The lowest BCUT2D eigenvalue weighted by molar-refractivity contribution is 0.0342. The maximum Gasteiger partial charge on any atom is 0.319 e. The minimum absolute atomic E-state index is 0.200. The van der Waals surface area contributed by atoms with Crippen LogP contribution >= 0.6 is 0 Å². The second-order valence-electron chi connectivity index (χ2n) is 5.20. The van der Waals surface area contributed by atoms with Gasteiger partial charge in [0.1, 0.15) is 0 Å². The summed E-state index contributed by atoms with van der Waals surface area (Å²) in [6.07, 6.45) is 1.91. The number of carbonyl (C=O) groups is 1. The molecule has 0 spiro atoms. The van der Waals surface area contributed by atoms with Crippen molar-refractivity contribution in [2.45, 2.75) is 31.8 Å². The number of amides is 2. The van der Waals surface area contributed by atoms with E-state index in [1.807, 2.05) is 31.2 Å². The fourth-order valence-electron chi connectivity index (χ4n) is 2.19. The fraction of sp³-hybridized carbons (Fsp3) is 0.500. The van der Waals surface area contributed by atoms with Gasteiger partial charge in [0.15, 0.2) is 0 Å². The average molecular weight is 263 g/mol. The van der Waals surface area contributed by atoms with Crippen molar-refractivity contribution in [3.63, 3.8) is 0 Å². The van der Waals surface area contributed by atoms with E-state index < -0.39 is 0 Å². The Morgan fingerprint density at radius 2 is 2.16 bits per heavy atom. The largest absolute Gasteiger partial charge is 0.379 e. The maximum atomic E-state index is 11.9. The molecule has 1 heterocycles. The van der Waals surface area contributed by atoms with E-state index in [1.54, 1.807) is 0 Å². The lowest BCUT2D eigenvalue weighted by atomic mass is 9.95. The molecule has 0 saturated carbocycles. The quantitative estimate of drug-likeness (QED) is 0.778. The Morgan fingerprint density at radius 1 is 1.42 bits per heavy atom. The van der Waals surface area contributed by atoms with E-state index in [0.717, 1.165) is 30.7 Å². The molecule has 19 heavy (non-hydrogen) atoms. The summed E-state index contributed by atoms with van der Waals surface area (Å²) in [5.41, 5.74) is 7.05. The predicted octanol–water partition coefficient (Wildman–Crippen LogP) is 1.84. The molecule has 1 atom stereocenters. The first-order chi connectivity index (χ1) is 9.11. The molecule has 5 nitrogen and oxygen atoms in total. The van der Waals surface area contributed by atoms with Crippen LogP contribution in [0.15, 0.2) is 24.3 Å². The lowest BCUT2D eigenvalue weighted by Crippen LogP contribution is -2.52. The van der Waals surface area contributed by atoms with Gasteiger partial charge in [-0.05, 0) is 37.5 Å². The summed E-state index contributed by atoms with van der Waals surface area (Å²) in [6.45, 7) is 3.84. The molecular weight excluding hydrogens is 242 g/mol. The molecule has 1 aliphatic rings. The zero-order chi connectivity index (χ0) is 13.7. The average Bonchev–Trinajstić information content (AvgIpc) is 2.39. The number of rotatable bonds is 3. The molecule has 0 radical (unpaired) electrons. The molecule has 2 amide bonds. The molecular formula is C14H21N3O2. The van der Waals surface area contributed by atoms with Gasteiger partial charge < -0.3 is 21.1 Å². The Kier molecular flexibility index (Phi) is 4.39. The molecule has 1 saturated heterocycles. The lowest BCUT2D eigenvalue weighted by Gasteiger charge is -2.34. The highest BCUT2D eigenvalue weighted by atomic mass is 16.5. The van der Waals surface area contributed by atoms with E-state index in [9.17, 15) is 4.79 Å². The fourth-order valence-corrected chi connectivity index (χ4v) is 2.19. The number of benzene rings is 1. The van der Waals surface area contributed by atoms with Crippen molar-refractivity contribution in [1.82, 2.24) is 5.32 Å². The summed E-state index contributed by atoms with van der Waals surface area (Å²) in [7, 11) is 0. The third kappa shape index (κ3) is 3.94. The van der Waals surface area contributed by atoms with Crippen LogP contribution in [0.5, 0.6) is 0 Å². The SMILES string of the molecule is CC1(NC(=O)Nc2ccc(CN)cc2)CCCOC1. The van der Waals surface area contributed by atoms with Crippen LogP contribution < -0.4 is 16.4 Å². The van der Waals surface area contributed by atoms with Crippen molar-refractivity contribution < 1.29 is 9.53 Å². The third-order valence-corrected chi connectivity index (χ3v) is 3.30. The minimum atomic E-state index is -0.278. The molecule has 104 valence electrons. The van der Waals surface area contributed by atoms with Gasteiger partial charge >= 0.3 is 6.03 Å². The van der Waals surface area contributed by atoms with Gasteiger partial charge in [-0.25, -0.2) is 4.79 Å². The van der Waals surface area contributed by atoms with Crippen molar-refractivity contribution in [2.24, 2.45) is 5.73 Å². The number of hydrogen-bond acceptors (Lipinski definition) is 3. The van der Waals surface area contributed by atoms with Crippen molar-refractivity contribution in [1.29, 1.82) is 0 Å². The van der Waals surface area contributed by atoms with Crippen molar-refractivity contribution >= 4 is 11.7 Å². The second kappa shape index (κ2) is 6.04. The molecule has 1 aromatic rings. The molecule has 2 rings (SSSR count). The monoisotopic (exact) mass is 263 g/mol. The molecule has 4 N–H and O–H groups in total. The van der Waals surface area contributed by atoms with Gasteiger partial charge in [-0.1, -0.05) is 12.1 Å². The molecule has 0 bridgehead atoms. The highest BCUT2D eigenvalue weighted by Crippen LogP contribution is 2.18. The maximum absolute atomic E-state index is 11.9. The Hall–Kier alpha value is -1.59. The first-order valence-electron chi connectivity index (χ1n) is 6.57. The normalized spacial score (nSPS) is 22.8. The predicted molar refractivity (Wildman–Crippen MR) is 74.9 cm³/mol. The molecule has 1 aromatic carbocycles. The summed E-state index contributed by atoms with van der Waals surface area (Å²) < 4.78 is 5.41. The smallest absolute Gasteiger partial charge is 0.319 e. The van der Waals surface area contributed by atoms with Crippen LogP contribution in [0, 0.1) is 0 Å². The van der Waals surface area contributed by atoms with Crippen LogP contribution in [0.4, 0.5) is 10.5 Å². The zero-order valence-corrected chi connectivity index (χ0v) is 11.2. The number of ether oxygens (including phenoxy) is 1. The Labute approximate surface area is 113 Å². The third-order valence-electron chi connectivity index (χ3n) is 3.30.